The third-order valence-corrected chi connectivity index (χ3v) is 6.73. The number of hydrogen-bond donors (Lipinski definition) is 2. The SMILES string of the molecule is C[C@@H](N=C1Nc2c(Oc3ccccc3Cl)cccc2S(=O)(=O)N1)c1cccc2c1OC(F)(F)O2. The number of sulfonamides is 1. The first-order valence-electron chi connectivity index (χ1n) is 9.95. The second kappa shape index (κ2) is 8.03. The lowest BCUT2D eigenvalue weighted by Crippen LogP contribution is -2.41. The summed E-state index contributed by atoms with van der Waals surface area (Å²) >= 11 is 6.17. The van der Waals surface area contributed by atoms with Gasteiger partial charge in [-0.05, 0) is 37.3 Å². The topological polar surface area (TPSA) is 98.3 Å². The molecule has 12 heteroatoms. The number of hydrogen-bond acceptors (Lipinski definition) is 6. The second-order valence-corrected chi connectivity index (χ2v) is 9.45. The van der Waals surface area contributed by atoms with Crippen molar-refractivity contribution in [3.8, 4) is 23.0 Å². The van der Waals surface area contributed by atoms with Gasteiger partial charge in [-0.25, -0.2) is 18.1 Å². The van der Waals surface area contributed by atoms with E-state index in [9.17, 15) is 17.2 Å². The van der Waals surface area contributed by atoms with Gasteiger partial charge in [0.05, 0.1) is 11.1 Å². The van der Waals surface area contributed by atoms with Crippen molar-refractivity contribution in [1.82, 2.24) is 4.72 Å². The monoisotopic (exact) mass is 507 g/mol. The molecule has 0 spiro atoms. The van der Waals surface area contributed by atoms with Crippen molar-refractivity contribution in [3.05, 3.63) is 71.2 Å². The molecule has 2 heterocycles. The van der Waals surface area contributed by atoms with Gasteiger partial charge in [0, 0.05) is 5.56 Å². The number of benzene rings is 3. The predicted molar refractivity (Wildman–Crippen MR) is 120 cm³/mol. The molecule has 1 atom stereocenters. The van der Waals surface area contributed by atoms with Crippen molar-refractivity contribution in [2.45, 2.75) is 24.2 Å². The van der Waals surface area contributed by atoms with Crippen LogP contribution >= 0.6 is 11.6 Å². The summed E-state index contributed by atoms with van der Waals surface area (Å²) in [7, 11) is -4.01. The molecule has 3 aromatic carbocycles. The molecule has 34 heavy (non-hydrogen) atoms. The Hall–Kier alpha value is -3.57. The molecule has 0 saturated carbocycles. The lowest BCUT2D eigenvalue weighted by atomic mass is 10.1. The fraction of sp³-hybridized carbons (Fsp3) is 0.136. The lowest BCUT2D eigenvalue weighted by Gasteiger charge is -2.24. The van der Waals surface area contributed by atoms with Crippen molar-refractivity contribution in [2.24, 2.45) is 4.99 Å². The van der Waals surface area contributed by atoms with E-state index < -0.39 is 22.4 Å². The molecule has 5 rings (SSSR count). The largest absolute Gasteiger partial charge is 0.586 e. The fourth-order valence-corrected chi connectivity index (χ4v) is 4.88. The van der Waals surface area contributed by atoms with Crippen LogP contribution in [0, 0.1) is 0 Å². The summed E-state index contributed by atoms with van der Waals surface area (Å²) in [6.07, 6.45) is -3.79. The van der Waals surface area contributed by atoms with Gasteiger partial charge in [-0.3, -0.25) is 0 Å². The van der Waals surface area contributed by atoms with Crippen LogP contribution in [0.1, 0.15) is 18.5 Å². The van der Waals surface area contributed by atoms with Crippen molar-refractivity contribution < 1.29 is 31.4 Å². The first-order chi connectivity index (χ1) is 16.1. The number of halogens is 3. The zero-order valence-electron chi connectivity index (χ0n) is 17.4. The number of para-hydroxylation sites is 3. The van der Waals surface area contributed by atoms with Gasteiger partial charge in [-0.15, -0.1) is 8.78 Å². The average molecular weight is 508 g/mol. The summed E-state index contributed by atoms with van der Waals surface area (Å²) in [5.74, 6) is 0.116. The number of nitrogens with one attached hydrogen (secondary N) is 2. The zero-order chi connectivity index (χ0) is 24.1. The Kier molecular flexibility index (Phi) is 5.25. The molecule has 0 aromatic heterocycles. The molecule has 8 nitrogen and oxygen atoms in total. The van der Waals surface area contributed by atoms with E-state index in [4.69, 9.17) is 16.3 Å². The molecule has 2 aliphatic rings. The summed E-state index contributed by atoms with van der Waals surface area (Å²) in [4.78, 5) is 4.29. The molecule has 0 saturated heterocycles. The Bertz CT molecular complexity index is 1430. The summed E-state index contributed by atoms with van der Waals surface area (Å²) in [6, 6.07) is 14.9. The Labute approximate surface area is 198 Å². The van der Waals surface area contributed by atoms with E-state index in [-0.39, 0.29) is 39.4 Å². The highest BCUT2D eigenvalue weighted by Crippen LogP contribution is 2.46. The second-order valence-electron chi connectivity index (χ2n) is 7.39. The van der Waals surface area contributed by atoms with E-state index in [1.807, 2.05) is 0 Å². The predicted octanol–water partition coefficient (Wildman–Crippen LogP) is 5.27. The Morgan fingerprint density at radius 2 is 1.76 bits per heavy atom. The van der Waals surface area contributed by atoms with Gasteiger partial charge in [0.1, 0.15) is 16.3 Å². The molecule has 0 aliphatic carbocycles. The van der Waals surface area contributed by atoms with Crippen LogP contribution in [0.5, 0.6) is 23.0 Å². The molecule has 176 valence electrons. The van der Waals surface area contributed by atoms with E-state index >= 15 is 0 Å². The molecule has 0 unspecified atom stereocenters. The number of rotatable bonds is 4. The maximum atomic E-state index is 13.6. The van der Waals surface area contributed by atoms with Crippen LogP contribution in [-0.2, 0) is 10.0 Å². The minimum Gasteiger partial charge on any atom is -0.454 e. The molecule has 2 N–H and O–H groups in total. The number of fused-ring (bicyclic) bond motifs is 2. The minimum atomic E-state index is -4.01. The maximum absolute atomic E-state index is 13.6. The van der Waals surface area contributed by atoms with Gasteiger partial charge in [-0.1, -0.05) is 41.9 Å². The fourth-order valence-electron chi connectivity index (χ4n) is 3.56. The number of ether oxygens (including phenoxy) is 3. The van der Waals surface area contributed by atoms with Gasteiger partial charge in [-0.2, -0.15) is 0 Å². The van der Waals surface area contributed by atoms with Crippen LogP contribution in [0.3, 0.4) is 0 Å². The van der Waals surface area contributed by atoms with Crippen LogP contribution in [0.4, 0.5) is 14.5 Å². The van der Waals surface area contributed by atoms with Crippen LogP contribution in [0.2, 0.25) is 5.02 Å². The molecular formula is C22H16ClF2N3O5S. The van der Waals surface area contributed by atoms with E-state index in [1.165, 1.54) is 30.3 Å². The first kappa shape index (κ1) is 22.2. The number of alkyl halides is 2. The van der Waals surface area contributed by atoms with E-state index in [1.54, 1.807) is 37.3 Å². The van der Waals surface area contributed by atoms with Crippen LogP contribution in [0.25, 0.3) is 0 Å². The summed E-state index contributed by atoms with van der Waals surface area (Å²) < 4.78 is 70.2. The molecule has 0 fully saturated rings. The maximum Gasteiger partial charge on any atom is 0.586 e. The van der Waals surface area contributed by atoms with E-state index in [2.05, 4.69) is 24.5 Å². The highest BCUT2D eigenvalue weighted by atomic mass is 35.5. The Morgan fingerprint density at radius 3 is 2.56 bits per heavy atom. The van der Waals surface area contributed by atoms with Crippen molar-refractivity contribution in [2.75, 3.05) is 5.32 Å². The van der Waals surface area contributed by atoms with Crippen LogP contribution in [0.15, 0.2) is 70.6 Å². The Morgan fingerprint density at radius 1 is 1.03 bits per heavy atom. The average Bonchev–Trinajstić information content (AvgIpc) is 3.09. The number of anilines is 1. The molecular weight excluding hydrogens is 492 g/mol. The third kappa shape index (κ3) is 4.08. The van der Waals surface area contributed by atoms with Gasteiger partial charge >= 0.3 is 6.29 Å². The normalized spacial score (nSPS) is 19.0. The summed E-state index contributed by atoms with van der Waals surface area (Å²) in [5, 5.41) is 3.26. The molecule has 2 aliphatic heterocycles. The number of aliphatic imine (C=N–C) groups is 1. The van der Waals surface area contributed by atoms with Crippen molar-refractivity contribution in [3.63, 3.8) is 0 Å². The Balaban J connectivity index is 1.50. The number of nitrogens with zero attached hydrogens (tertiary/aromatic N) is 1. The molecule has 3 aromatic rings. The van der Waals surface area contributed by atoms with Gasteiger partial charge in [0.25, 0.3) is 10.0 Å². The van der Waals surface area contributed by atoms with Crippen LogP contribution in [-0.4, -0.2) is 20.7 Å². The number of guanidine groups is 1. The van der Waals surface area contributed by atoms with Gasteiger partial charge < -0.3 is 19.5 Å². The van der Waals surface area contributed by atoms with E-state index in [0.717, 1.165) is 0 Å². The van der Waals surface area contributed by atoms with Gasteiger partial charge in [0.2, 0.25) is 5.96 Å². The molecule has 0 radical (unpaired) electrons. The van der Waals surface area contributed by atoms with E-state index in [0.29, 0.717) is 10.8 Å². The summed E-state index contributed by atoms with van der Waals surface area (Å²) in [6.45, 7) is 1.60. The summed E-state index contributed by atoms with van der Waals surface area (Å²) in [5.41, 5.74) is 0.436. The highest BCUT2D eigenvalue weighted by molar-refractivity contribution is 7.90. The van der Waals surface area contributed by atoms with Crippen molar-refractivity contribution >= 4 is 33.3 Å². The highest BCUT2D eigenvalue weighted by Gasteiger charge is 2.45. The molecule has 0 amide bonds. The lowest BCUT2D eigenvalue weighted by molar-refractivity contribution is -0.287. The standard InChI is InChI=1S/C22H16ClF2N3O5S/c1-12(13-6-4-10-17-20(13)33-22(24,25)32-17)26-21-27-19-16(31-15-8-3-2-7-14(15)23)9-5-11-18(19)34(29,30)28-21/h2-12H,1H3,(H2,26,27,28)/t12-/m1/s1. The zero-order valence-corrected chi connectivity index (χ0v) is 19.0. The quantitative estimate of drug-likeness (QED) is 0.499. The third-order valence-electron chi connectivity index (χ3n) is 5.04. The van der Waals surface area contributed by atoms with Crippen LogP contribution < -0.4 is 24.2 Å². The van der Waals surface area contributed by atoms with Gasteiger partial charge in [0.15, 0.2) is 17.2 Å². The smallest absolute Gasteiger partial charge is 0.454 e. The first-order valence-corrected chi connectivity index (χ1v) is 11.8. The minimum absolute atomic E-state index is 0.0550. The molecule has 0 bridgehead atoms. The van der Waals surface area contributed by atoms with Crippen molar-refractivity contribution in [1.29, 1.82) is 0 Å².